The van der Waals surface area contributed by atoms with Gasteiger partial charge >= 0.3 is 18.0 Å². The summed E-state index contributed by atoms with van der Waals surface area (Å²) in [7, 11) is 0. The lowest BCUT2D eigenvalue weighted by Crippen LogP contribution is -2.66. The molecule has 0 radical (unpaired) electrons. The van der Waals surface area contributed by atoms with Gasteiger partial charge in [-0.25, -0.2) is 4.79 Å². The fourth-order valence-corrected chi connectivity index (χ4v) is 4.93. The molecule has 2 aliphatic heterocycles. The number of hydrogen-bond acceptors (Lipinski definition) is 5. The highest BCUT2D eigenvalue weighted by Gasteiger charge is 2.62. The Labute approximate surface area is 213 Å². The summed E-state index contributed by atoms with van der Waals surface area (Å²) in [5.74, 6) is -2.16. The number of carbonyl (C=O) groups excluding carboxylic acids is 3. The number of benzene rings is 2. The Hall–Kier alpha value is -2.99. The third-order valence-corrected chi connectivity index (χ3v) is 6.79. The third kappa shape index (κ3) is 4.26. The van der Waals surface area contributed by atoms with Gasteiger partial charge in [-0.3, -0.25) is 14.5 Å². The van der Waals surface area contributed by atoms with Crippen molar-refractivity contribution in [2.45, 2.75) is 13.1 Å². The summed E-state index contributed by atoms with van der Waals surface area (Å²) in [6, 6.07) is 6.00. The van der Waals surface area contributed by atoms with Crippen LogP contribution in [-0.2, 0) is 4.74 Å². The molecular weight excluding hydrogens is 524 g/mol. The first kappa shape index (κ1) is 26.1. The van der Waals surface area contributed by atoms with Crippen molar-refractivity contribution in [3.05, 3.63) is 51.5 Å². The summed E-state index contributed by atoms with van der Waals surface area (Å²) in [6.45, 7) is 1.89. The molecule has 4 rings (SSSR count). The number of nitrogens with zero attached hydrogens (tertiary/aromatic N) is 3. The van der Waals surface area contributed by atoms with Crippen molar-refractivity contribution in [3.8, 4) is 0 Å². The highest BCUT2D eigenvalue weighted by molar-refractivity contribution is 6.41. The van der Waals surface area contributed by atoms with E-state index in [9.17, 15) is 27.6 Å². The number of anilines is 1. The number of amidine groups is 1. The summed E-state index contributed by atoms with van der Waals surface area (Å²) in [6.07, 6.45) is -4.50. The summed E-state index contributed by atoms with van der Waals surface area (Å²) in [4.78, 5) is 43.0. The van der Waals surface area contributed by atoms with Gasteiger partial charge in [0.05, 0.1) is 41.1 Å². The second-order valence-electron chi connectivity index (χ2n) is 8.01. The SMILES string of the molecule is CC[N+]1(C(=O)N2CCOCC2)C(C(F)(F)F)=Nc2c(NC(=O)c3c(Cl)ccc(C=O)c3Cl)cccc21. The Morgan fingerprint density at radius 1 is 1.19 bits per heavy atom. The molecule has 0 aliphatic carbocycles. The molecule has 0 saturated carbocycles. The summed E-state index contributed by atoms with van der Waals surface area (Å²) < 4.78 is 46.9. The standard InChI is InChI=1S/C23H19Cl2F3N4O4/c1-2-32(22(35)31-8-10-36-11-9-31)16-5-3-4-15(19(16)30-21(32)23(26,27)28)29-20(34)17-14(24)7-6-13(12-33)18(17)25/h3-7,12H,2,8-11H2,1H3/p+1. The van der Waals surface area contributed by atoms with Crippen molar-refractivity contribution in [3.63, 3.8) is 0 Å². The molecule has 2 aromatic carbocycles. The van der Waals surface area contributed by atoms with E-state index in [1.165, 1.54) is 42.2 Å². The topological polar surface area (TPSA) is 88.1 Å². The number of halogens is 5. The molecule has 2 aliphatic rings. The Morgan fingerprint density at radius 2 is 1.89 bits per heavy atom. The number of hydrogen-bond donors (Lipinski definition) is 1. The van der Waals surface area contributed by atoms with Crippen LogP contribution in [0.2, 0.25) is 10.0 Å². The first-order chi connectivity index (χ1) is 17.1. The van der Waals surface area contributed by atoms with E-state index in [1.54, 1.807) is 0 Å². The smallest absolute Gasteiger partial charge is 0.378 e. The molecule has 2 heterocycles. The summed E-state index contributed by atoms with van der Waals surface area (Å²) in [5.41, 5.74) is -0.525. The molecular formula is C23H20Cl2F3N4O4+. The molecule has 36 heavy (non-hydrogen) atoms. The normalized spacial score (nSPS) is 19.5. The fourth-order valence-electron chi connectivity index (χ4n) is 4.34. The zero-order valence-electron chi connectivity index (χ0n) is 18.9. The van der Waals surface area contributed by atoms with Gasteiger partial charge in [0, 0.05) is 24.7 Å². The number of ether oxygens (including phenoxy) is 1. The number of nitrogens with one attached hydrogen (secondary N) is 1. The number of fused-ring (bicyclic) bond motifs is 1. The van der Waals surface area contributed by atoms with Gasteiger partial charge < -0.3 is 10.1 Å². The lowest BCUT2D eigenvalue weighted by molar-refractivity contribution is -0.0667. The predicted molar refractivity (Wildman–Crippen MR) is 130 cm³/mol. The van der Waals surface area contributed by atoms with E-state index in [-0.39, 0.29) is 71.1 Å². The van der Waals surface area contributed by atoms with Crippen molar-refractivity contribution in [2.75, 3.05) is 38.2 Å². The van der Waals surface area contributed by atoms with Gasteiger partial charge in [-0.1, -0.05) is 29.3 Å². The van der Waals surface area contributed by atoms with Crippen molar-refractivity contribution in [2.24, 2.45) is 4.99 Å². The molecule has 0 aromatic heterocycles. The first-order valence-corrected chi connectivity index (χ1v) is 11.6. The number of para-hydroxylation sites is 1. The van der Waals surface area contributed by atoms with Crippen molar-refractivity contribution >= 4 is 64.3 Å². The zero-order valence-corrected chi connectivity index (χ0v) is 20.4. The molecule has 0 spiro atoms. The number of amides is 3. The van der Waals surface area contributed by atoms with Gasteiger partial charge in [0.2, 0.25) is 0 Å². The minimum atomic E-state index is -4.94. The maximum atomic E-state index is 14.3. The molecule has 1 unspecified atom stereocenters. The van der Waals surface area contributed by atoms with E-state index in [0.29, 0.717) is 6.29 Å². The van der Waals surface area contributed by atoms with Crippen LogP contribution in [0.15, 0.2) is 35.3 Å². The average molecular weight is 544 g/mol. The maximum Gasteiger partial charge on any atom is 0.488 e. The van der Waals surface area contributed by atoms with Gasteiger partial charge in [-0.05, 0) is 25.1 Å². The van der Waals surface area contributed by atoms with E-state index in [4.69, 9.17) is 27.9 Å². The zero-order chi connectivity index (χ0) is 26.3. The Kier molecular flexibility index (Phi) is 7.11. The number of alkyl halides is 3. The van der Waals surface area contributed by atoms with Crippen LogP contribution in [0, 0.1) is 0 Å². The minimum absolute atomic E-state index is 0.0136. The second-order valence-corrected chi connectivity index (χ2v) is 8.80. The highest BCUT2D eigenvalue weighted by Crippen LogP contribution is 2.49. The van der Waals surface area contributed by atoms with Gasteiger partial charge in [-0.2, -0.15) is 22.6 Å². The number of aldehydes is 1. The molecule has 3 amide bonds. The predicted octanol–water partition coefficient (Wildman–Crippen LogP) is 5.44. The Morgan fingerprint density at radius 3 is 2.50 bits per heavy atom. The van der Waals surface area contributed by atoms with Gasteiger partial charge in [0.1, 0.15) is 0 Å². The number of morpholine rings is 1. The maximum absolute atomic E-state index is 14.3. The van der Waals surface area contributed by atoms with Crippen LogP contribution >= 0.6 is 23.2 Å². The lowest BCUT2D eigenvalue weighted by Gasteiger charge is -2.37. The van der Waals surface area contributed by atoms with Crippen LogP contribution in [0.3, 0.4) is 0 Å². The van der Waals surface area contributed by atoms with Crippen LogP contribution in [0.5, 0.6) is 0 Å². The van der Waals surface area contributed by atoms with E-state index in [2.05, 4.69) is 10.3 Å². The number of carbonyl (C=O) groups is 3. The second kappa shape index (κ2) is 9.81. The summed E-state index contributed by atoms with van der Waals surface area (Å²) in [5, 5.41) is 2.23. The lowest BCUT2D eigenvalue weighted by atomic mass is 10.1. The number of urea groups is 1. The minimum Gasteiger partial charge on any atom is -0.378 e. The van der Waals surface area contributed by atoms with Crippen LogP contribution in [0.1, 0.15) is 27.6 Å². The van der Waals surface area contributed by atoms with E-state index < -0.39 is 28.4 Å². The van der Waals surface area contributed by atoms with Crippen molar-refractivity contribution in [1.82, 2.24) is 9.38 Å². The molecule has 13 heteroatoms. The molecule has 1 N–H and O–H groups in total. The molecule has 190 valence electrons. The molecule has 1 saturated heterocycles. The van der Waals surface area contributed by atoms with E-state index in [0.717, 1.165) is 0 Å². The highest BCUT2D eigenvalue weighted by atomic mass is 35.5. The quantitative estimate of drug-likeness (QED) is 0.410. The third-order valence-electron chi connectivity index (χ3n) is 6.06. The van der Waals surface area contributed by atoms with Crippen molar-refractivity contribution < 1.29 is 32.3 Å². The van der Waals surface area contributed by atoms with Crippen LogP contribution in [-0.4, -0.2) is 68.0 Å². The number of rotatable bonds is 4. The Bertz CT molecular complexity index is 1280. The van der Waals surface area contributed by atoms with Gasteiger partial charge in [-0.15, -0.1) is 0 Å². The van der Waals surface area contributed by atoms with Crippen LogP contribution < -0.4 is 9.80 Å². The summed E-state index contributed by atoms with van der Waals surface area (Å²) >= 11 is 12.3. The molecule has 8 nitrogen and oxygen atoms in total. The number of quaternary nitrogens is 1. The van der Waals surface area contributed by atoms with E-state index in [1.807, 2.05) is 0 Å². The molecule has 1 fully saturated rings. The number of aliphatic imine (C=N–C) groups is 1. The Balaban J connectivity index is 1.82. The molecule has 2 aromatic rings. The van der Waals surface area contributed by atoms with Crippen LogP contribution in [0.25, 0.3) is 0 Å². The first-order valence-electron chi connectivity index (χ1n) is 10.9. The van der Waals surface area contributed by atoms with Crippen LogP contribution in [0.4, 0.5) is 35.0 Å². The van der Waals surface area contributed by atoms with Gasteiger partial charge in [0.15, 0.2) is 17.7 Å². The monoisotopic (exact) mass is 543 g/mol. The molecule has 0 bridgehead atoms. The van der Waals surface area contributed by atoms with E-state index >= 15 is 0 Å². The molecule has 1 atom stereocenters. The largest absolute Gasteiger partial charge is 0.488 e. The van der Waals surface area contributed by atoms with Crippen molar-refractivity contribution in [1.29, 1.82) is 0 Å². The fraction of sp³-hybridized carbons (Fsp3) is 0.304. The average Bonchev–Trinajstić information content (AvgIpc) is 3.21. The van der Waals surface area contributed by atoms with Gasteiger partial charge in [0.25, 0.3) is 5.91 Å².